The lowest BCUT2D eigenvalue weighted by Crippen LogP contribution is -2.22. The van der Waals surface area contributed by atoms with E-state index in [0.29, 0.717) is 5.69 Å². The summed E-state index contributed by atoms with van der Waals surface area (Å²) >= 11 is 3.62. The number of rotatable bonds is 8. The molecule has 1 atom stereocenters. The van der Waals surface area contributed by atoms with Crippen molar-refractivity contribution >= 4 is 63.5 Å². The number of carbonyl (C=O) groups is 3. The minimum atomic E-state index is -1.01. The number of amides is 2. The zero-order chi connectivity index (χ0) is 19.8. The van der Waals surface area contributed by atoms with Crippen molar-refractivity contribution in [2.45, 2.75) is 29.9 Å². The van der Waals surface area contributed by atoms with Gasteiger partial charge in [-0.15, -0.1) is 11.8 Å². The Bertz CT molecular complexity index is 809. The van der Waals surface area contributed by atoms with E-state index in [4.69, 9.17) is 5.11 Å². The number of halogens is 1. The predicted molar refractivity (Wildman–Crippen MR) is 115 cm³/mol. The minimum absolute atomic E-state index is 0.0679. The highest BCUT2D eigenvalue weighted by molar-refractivity contribution is 14.1. The molecule has 0 saturated heterocycles. The SMILES string of the molecule is CC(Sc1ccc(NC(=O)CCC(=O)O)cc1)C(=O)Nc1ccc(I)cc1. The molecule has 0 heterocycles. The third-order valence-corrected chi connectivity index (χ3v) is 5.33. The van der Waals surface area contributed by atoms with Crippen LogP contribution in [0.2, 0.25) is 0 Å². The fourth-order valence-corrected chi connectivity index (χ4v) is 3.32. The van der Waals surface area contributed by atoms with Crippen LogP contribution in [-0.2, 0) is 14.4 Å². The van der Waals surface area contributed by atoms with Crippen molar-refractivity contribution in [3.63, 3.8) is 0 Å². The van der Waals surface area contributed by atoms with Gasteiger partial charge in [-0.1, -0.05) is 0 Å². The summed E-state index contributed by atoms with van der Waals surface area (Å²) in [5.41, 5.74) is 1.35. The van der Waals surface area contributed by atoms with Crippen LogP contribution in [0.25, 0.3) is 0 Å². The molecule has 2 amide bonds. The number of nitrogens with one attached hydrogen (secondary N) is 2. The highest BCUT2D eigenvalue weighted by Gasteiger charge is 2.15. The summed E-state index contributed by atoms with van der Waals surface area (Å²) in [5, 5.41) is 13.8. The fourth-order valence-electron chi connectivity index (χ4n) is 2.10. The average molecular weight is 498 g/mol. The molecule has 0 fully saturated rings. The van der Waals surface area contributed by atoms with Crippen molar-refractivity contribution in [2.24, 2.45) is 0 Å². The third kappa shape index (κ3) is 7.59. The molecular weight excluding hydrogens is 479 g/mol. The highest BCUT2D eigenvalue weighted by atomic mass is 127. The lowest BCUT2D eigenvalue weighted by atomic mass is 10.2. The Morgan fingerprint density at radius 2 is 1.52 bits per heavy atom. The molecule has 0 spiro atoms. The minimum Gasteiger partial charge on any atom is -0.481 e. The number of carboxylic acid groups (broad SMARTS) is 1. The van der Waals surface area contributed by atoms with Crippen LogP contribution in [-0.4, -0.2) is 28.1 Å². The van der Waals surface area contributed by atoms with Crippen LogP contribution >= 0.6 is 34.4 Å². The molecule has 2 aromatic rings. The number of aliphatic carboxylic acids is 1. The number of hydrogen-bond acceptors (Lipinski definition) is 4. The molecule has 27 heavy (non-hydrogen) atoms. The first-order valence-corrected chi connectivity index (χ1v) is 10.1. The van der Waals surface area contributed by atoms with Gasteiger partial charge in [-0.25, -0.2) is 0 Å². The Morgan fingerprint density at radius 1 is 0.963 bits per heavy atom. The quantitative estimate of drug-likeness (QED) is 0.375. The molecule has 1 unspecified atom stereocenters. The molecule has 0 saturated carbocycles. The number of benzene rings is 2. The Labute approximate surface area is 175 Å². The Hall–Kier alpha value is -2.07. The summed E-state index contributed by atoms with van der Waals surface area (Å²) in [6.45, 7) is 1.83. The lowest BCUT2D eigenvalue weighted by Gasteiger charge is -2.12. The smallest absolute Gasteiger partial charge is 0.303 e. The van der Waals surface area contributed by atoms with Crippen molar-refractivity contribution in [3.8, 4) is 0 Å². The normalized spacial score (nSPS) is 11.5. The van der Waals surface area contributed by atoms with Gasteiger partial charge in [-0.05, 0) is 78.0 Å². The monoisotopic (exact) mass is 498 g/mol. The number of carboxylic acids is 1. The predicted octanol–water partition coefficient (Wildman–Crippen LogP) is 4.21. The Balaban J connectivity index is 1.85. The van der Waals surface area contributed by atoms with E-state index in [1.807, 2.05) is 43.3 Å². The topological polar surface area (TPSA) is 95.5 Å². The summed E-state index contributed by atoms with van der Waals surface area (Å²) in [4.78, 5) is 35.3. The van der Waals surface area contributed by atoms with E-state index in [0.717, 1.165) is 14.2 Å². The van der Waals surface area contributed by atoms with E-state index in [9.17, 15) is 14.4 Å². The van der Waals surface area contributed by atoms with Gasteiger partial charge in [0.25, 0.3) is 0 Å². The van der Waals surface area contributed by atoms with Gasteiger partial charge in [0.05, 0.1) is 11.7 Å². The second-order valence-corrected chi connectivity index (χ2v) is 8.38. The van der Waals surface area contributed by atoms with Crippen LogP contribution < -0.4 is 10.6 Å². The third-order valence-electron chi connectivity index (χ3n) is 3.50. The van der Waals surface area contributed by atoms with Crippen LogP contribution in [0.4, 0.5) is 11.4 Å². The second-order valence-electron chi connectivity index (χ2n) is 5.72. The maximum absolute atomic E-state index is 12.3. The molecule has 0 aliphatic carbocycles. The summed E-state index contributed by atoms with van der Waals surface area (Å²) < 4.78 is 1.10. The molecule has 0 aliphatic heterocycles. The fraction of sp³-hybridized carbons (Fsp3) is 0.211. The second kappa shape index (κ2) is 10.3. The van der Waals surface area contributed by atoms with Gasteiger partial charge in [0.1, 0.15) is 0 Å². The van der Waals surface area contributed by atoms with E-state index in [-0.39, 0.29) is 29.9 Å². The highest BCUT2D eigenvalue weighted by Crippen LogP contribution is 2.26. The number of carbonyl (C=O) groups excluding carboxylic acids is 2. The van der Waals surface area contributed by atoms with E-state index in [2.05, 4.69) is 33.2 Å². The molecule has 8 heteroatoms. The maximum Gasteiger partial charge on any atom is 0.303 e. The van der Waals surface area contributed by atoms with E-state index in [1.165, 1.54) is 11.8 Å². The molecule has 2 rings (SSSR count). The molecule has 0 aliphatic rings. The molecular formula is C19H19IN2O4S. The number of hydrogen-bond donors (Lipinski definition) is 3. The molecule has 0 bridgehead atoms. The van der Waals surface area contributed by atoms with Crippen molar-refractivity contribution in [3.05, 3.63) is 52.1 Å². The van der Waals surface area contributed by atoms with Gasteiger partial charge in [0.15, 0.2) is 0 Å². The number of thioether (sulfide) groups is 1. The summed E-state index contributed by atoms with van der Waals surface area (Å²) in [6, 6.07) is 14.7. The van der Waals surface area contributed by atoms with Gasteiger partial charge >= 0.3 is 5.97 Å². The van der Waals surface area contributed by atoms with E-state index in [1.54, 1.807) is 12.1 Å². The Kier molecular flexibility index (Phi) is 8.11. The Morgan fingerprint density at radius 3 is 2.11 bits per heavy atom. The van der Waals surface area contributed by atoms with Crippen LogP contribution in [0.3, 0.4) is 0 Å². The standard InChI is InChI=1S/C19H19IN2O4S/c1-12(19(26)22-15-4-2-13(20)3-5-15)27-16-8-6-14(7-9-16)21-17(23)10-11-18(24)25/h2-9,12H,10-11H2,1H3,(H,21,23)(H,22,26)(H,24,25). The first-order chi connectivity index (χ1) is 12.8. The van der Waals surface area contributed by atoms with E-state index < -0.39 is 5.97 Å². The summed E-state index contributed by atoms with van der Waals surface area (Å²) in [7, 11) is 0. The van der Waals surface area contributed by atoms with Crippen molar-refractivity contribution < 1.29 is 19.5 Å². The lowest BCUT2D eigenvalue weighted by molar-refractivity contribution is -0.138. The van der Waals surface area contributed by atoms with E-state index >= 15 is 0 Å². The molecule has 0 radical (unpaired) electrons. The summed E-state index contributed by atoms with van der Waals surface area (Å²) in [6.07, 6.45) is -0.269. The zero-order valence-electron chi connectivity index (χ0n) is 14.6. The molecule has 0 aromatic heterocycles. The van der Waals surface area contributed by atoms with Gasteiger partial charge in [-0.3, -0.25) is 14.4 Å². The van der Waals surface area contributed by atoms with Crippen LogP contribution in [0.1, 0.15) is 19.8 Å². The summed E-state index contributed by atoms with van der Waals surface area (Å²) in [5.74, 6) is -1.44. The van der Waals surface area contributed by atoms with Crippen LogP contribution in [0.5, 0.6) is 0 Å². The van der Waals surface area contributed by atoms with Crippen molar-refractivity contribution in [2.75, 3.05) is 10.6 Å². The maximum atomic E-state index is 12.3. The van der Waals surface area contributed by atoms with Crippen molar-refractivity contribution in [1.29, 1.82) is 0 Å². The van der Waals surface area contributed by atoms with Crippen LogP contribution in [0, 0.1) is 3.57 Å². The van der Waals surface area contributed by atoms with Gasteiger partial charge in [0, 0.05) is 26.3 Å². The number of anilines is 2. The zero-order valence-corrected chi connectivity index (χ0v) is 17.5. The first kappa shape index (κ1) is 21.2. The molecule has 6 nitrogen and oxygen atoms in total. The van der Waals surface area contributed by atoms with Crippen LogP contribution in [0.15, 0.2) is 53.4 Å². The van der Waals surface area contributed by atoms with Gasteiger partial charge in [0.2, 0.25) is 11.8 Å². The first-order valence-electron chi connectivity index (χ1n) is 8.18. The largest absolute Gasteiger partial charge is 0.481 e. The van der Waals surface area contributed by atoms with Gasteiger partial charge < -0.3 is 15.7 Å². The molecule has 142 valence electrons. The average Bonchev–Trinajstić information content (AvgIpc) is 2.63. The van der Waals surface area contributed by atoms with Gasteiger partial charge in [-0.2, -0.15) is 0 Å². The molecule has 2 aromatic carbocycles. The van der Waals surface area contributed by atoms with Crippen molar-refractivity contribution in [1.82, 2.24) is 0 Å². The molecule has 3 N–H and O–H groups in total.